The number of hydrogen-bond donors (Lipinski definition) is 1. The molecular weight excluding hydrogens is 412 g/mol. The molecule has 0 aromatic heterocycles. The first-order chi connectivity index (χ1) is 9.32. The van der Waals surface area contributed by atoms with Gasteiger partial charge in [-0.3, -0.25) is 4.79 Å². The summed E-state index contributed by atoms with van der Waals surface area (Å²) in [5.74, 6) is -0.338. The maximum atomic E-state index is 12.6. The average molecular weight is 428 g/mol. The molecule has 0 fully saturated rings. The number of nitrogens with zero attached hydrogens (tertiary/aromatic N) is 1. The molecule has 0 saturated heterocycles. The van der Waals surface area contributed by atoms with E-state index in [1.165, 1.54) is 17.4 Å². The van der Waals surface area contributed by atoms with Crippen molar-refractivity contribution in [3.05, 3.63) is 27.1 Å². The van der Waals surface area contributed by atoms with Crippen molar-refractivity contribution < 1.29 is 13.2 Å². The zero-order valence-corrected chi connectivity index (χ0v) is 15.2. The highest BCUT2D eigenvalue weighted by Crippen LogP contribution is 2.28. The van der Waals surface area contributed by atoms with Crippen LogP contribution in [0.5, 0.6) is 0 Å². The molecule has 0 aliphatic heterocycles. The van der Waals surface area contributed by atoms with Crippen LogP contribution in [-0.4, -0.2) is 38.8 Å². The molecule has 5 nitrogen and oxygen atoms in total. The minimum Gasteiger partial charge on any atom is -0.358 e. The van der Waals surface area contributed by atoms with Crippen molar-refractivity contribution in [2.75, 3.05) is 20.1 Å². The molecule has 1 rings (SSSR count). The molecule has 1 N–H and O–H groups in total. The molecule has 0 spiro atoms. The molecule has 1 aromatic rings. The van der Waals surface area contributed by atoms with Crippen LogP contribution in [0.4, 0.5) is 0 Å². The largest absolute Gasteiger partial charge is 0.358 e. The SMILES string of the molecule is CCCN(CC(=O)NC)S(=O)(=O)c1ccc(Br)cc1Br. The Bertz CT molecular complexity index is 590. The molecule has 112 valence electrons. The second kappa shape index (κ2) is 7.53. The van der Waals surface area contributed by atoms with Crippen molar-refractivity contribution in [1.29, 1.82) is 0 Å². The second-order valence-electron chi connectivity index (χ2n) is 4.09. The Morgan fingerprint density at radius 1 is 1.35 bits per heavy atom. The van der Waals surface area contributed by atoms with Gasteiger partial charge >= 0.3 is 0 Å². The van der Waals surface area contributed by atoms with Crippen LogP contribution in [0.25, 0.3) is 0 Å². The zero-order chi connectivity index (χ0) is 15.3. The van der Waals surface area contributed by atoms with Gasteiger partial charge in [0.05, 0.1) is 11.4 Å². The summed E-state index contributed by atoms with van der Waals surface area (Å²) in [4.78, 5) is 11.6. The lowest BCUT2D eigenvalue weighted by Gasteiger charge is -2.21. The summed E-state index contributed by atoms with van der Waals surface area (Å²) in [7, 11) is -2.23. The van der Waals surface area contributed by atoms with E-state index in [4.69, 9.17) is 0 Å². The van der Waals surface area contributed by atoms with Crippen molar-refractivity contribution in [3.63, 3.8) is 0 Å². The number of hydrogen-bond acceptors (Lipinski definition) is 3. The number of halogens is 2. The molecule has 0 bridgehead atoms. The Morgan fingerprint density at radius 2 is 2.00 bits per heavy atom. The van der Waals surface area contributed by atoms with Gasteiger partial charge in [-0.25, -0.2) is 8.42 Å². The van der Waals surface area contributed by atoms with Crippen molar-refractivity contribution in [2.45, 2.75) is 18.2 Å². The fourth-order valence-corrected chi connectivity index (χ4v) is 4.79. The minimum absolute atomic E-state index is 0.151. The van der Waals surface area contributed by atoms with Crippen LogP contribution in [0.3, 0.4) is 0 Å². The van der Waals surface area contributed by atoms with Crippen LogP contribution >= 0.6 is 31.9 Å². The Kier molecular flexibility index (Phi) is 6.63. The monoisotopic (exact) mass is 426 g/mol. The number of rotatable bonds is 6. The zero-order valence-electron chi connectivity index (χ0n) is 11.2. The molecule has 0 atom stereocenters. The molecule has 20 heavy (non-hydrogen) atoms. The van der Waals surface area contributed by atoms with E-state index in [1.807, 2.05) is 6.92 Å². The van der Waals surface area contributed by atoms with E-state index in [0.717, 1.165) is 4.47 Å². The van der Waals surface area contributed by atoms with Crippen LogP contribution in [0.1, 0.15) is 13.3 Å². The van der Waals surface area contributed by atoms with Gasteiger partial charge in [0, 0.05) is 22.5 Å². The summed E-state index contributed by atoms with van der Waals surface area (Å²) in [6.45, 7) is 1.97. The van der Waals surface area contributed by atoms with Gasteiger partial charge in [0.15, 0.2) is 0 Å². The van der Waals surface area contributed by atoms with Crippen molar-refractivity contribution in [2.24, 2.45) is 0 Å². The van der Waals surface area contributed by atoms with E-state index >= 15 is 0 Å². The lowest BCUT2D eigenvalue weighted by atomic mass is 10.4. The van der Waals surface area contributed by atoms with Gasteiger partial charge in [0.25, 0.3) is 0 Å². The van der Waals surface area contributed by atoms with E-state index in [2.05, 4.69) is 37.2 Å². The van der Waals surface area contributed by atoms with Gasteiger partial charge in [-0.15, -0.1) is 0 Å². The van der Waals surface area contributed by atoms with Crippen LogP contribution in [0, 0.1) is 0 Å². The first kappa shape index (κ1) is 17.6. The standard InChI is InChI=1S/C12H16Br2N2O3S/c1-3-6-16(8-12(17)15-2)20(18,19)11-5-4-9(13)7-10(11)14/h4-5,7H,3,6,8H2,1-2H3,(H,15,17). The molecule has 0 aliphatic rings. The highest BCUT2D eigenvalue weighted by Gasteiger charge is 2.27. The average Bonchev–Trinajstić information content (AvgIpc) is 2.37. The predicted octanol–water partition coefficient (Wildman–Crippen LogP) is 2.36. The Morgan fingerprint density at radius 3 is 2.50 bits per heavy atom. The van der Waals surface area contributed by atoms with Crippen LogP contribution in [-0.2, 0) is 14.8 Å². The lowest BCUT2D eigenvalue weighted by molar-refractivity contribution is -0.120. The normalized spacial score (nSPS) is 11.7. The van der Waals surface area contributed by atoms with E-state index in [-0.39, 0.29) is 23.9 Å². The van der Waals surface area contributed by atoms with Crippen LogP contribution in [0.15, 0.2) is 32.0 Å². The number of sulfonamides is 1. The molecular formula is C12H16Br2N2O3S. The molecule has 1 amide bonds. The molecule has 0 unspecified atom stereocenters. The number of amides is 1. The predicted molar refractivity (Wildman–Crippen MR) is 85.0 cm³/mol. The Balaban J connectivity index is 3.18. The number of carbonyl (C=O) groups is 1. The van der Waals surface area contributed by atoms with E-state index < -0.39 is 10.0 Å². The summed E-state index contributed by atoms with van der Waals surface area (Å²) in [5, 5.41) is 2.44. The topological polar surface area (TPSA) is 66.5 Å². The first-order valence-electron chi connectivity index (χ1n) is 5.98. The summed E-state index contributed by atoms with van der Waals surface area (Å²) in [6, 6.07) is 4.83. The van der Waals surface area contributed by atoms with Crippen molar-refractivity contribution >= 4 is 47.8 Å². The number of nitrogens with one attached hydrogen (secondary N) is 1. The number of benzene rings is 1. The third-order valence-electron chi connectivity index (χ3n) is 2.58. The third-order valence-corrected chi connectivity index (χ3v) is 5.90. The van der Waals surface area contributed by atoms with E-state index in [9.17, 15) is 13.2 Å². The molecule has 8 heteroatoms. The van der Waals surface area contributed by atoms with E-state index in [1.54, 1.807) is 12.1 Å². The maximum absolute atomic E-state index is 12.6. The van der Waals surface area contributed by atoms with Crippen LogP contribution in [0.2, 0.25) is 0 Å². The molecule has 0 radical (unpaired) electrons. The lowest BCUT2D eigenvalue weighted by Crippen LogP contribution is -2.40. The summed E-state index contributed by atoms with van der Waals surface area (Å²) >= 11 is 6.53. The van der Waals surface area contributed by atoms with Crippen molar-refractivity contribution in [3.8, 4) is 0 Å². The fraction of sp³-hybridized carbons (Fsp3) is 0.417. The molecule has 0 saturated carbocycles. The van der Waals surface area contributed by atoms with Gasteiger partial charge in [0.1, 0.15) is 0 Å². The first-order valence-corrected chi connectivity index (χ1v) is 9.01. The van der Waals surface area contributed by atoms with Gasteiger partial charge in [-0.1, -0.05) is 22.9 Å². The smallest absolute Gasteiger partial charge is 0.244 e. The molecule has 1 aromatic carbocycles. The van der Waals surface area contributed by atoms with Crippen molar-refractivity contribution in [1.82, 2.24) is 9.62 Å². The number of likely N-dealkylation sites (N-methyl/N-ethyl adjacent to an activating group) is 1. The van der Waals surface area contributed by atoms with Gasteiger partial charge in [-0.05, 0) is 40.5 Å². The van der Waals surface area contributed by atoms with Gasteiger partial charge < -0.3 is 5.32 Å². The molecule has 0 aliphatic carbocycles. The highest BCUT2D eigenvalue weighted by atomic mass is 79.9. The number of carbonyl (C=O) groups excluding carboxylic acids is 1. The summed E-state index contributed by atoms with van der Waals surface area (Å²) in [5.41, 5.74) is 0. The maximum Gasteiger partial charge on any atom is 0.244 e. The Hall–Kier alpha value is -0.440. The summed E-state index contributed by atoms with van der Waals surface area (Å²) in [6.07, 6.45) is 0.629. The fourth-order valence-electron chi connectivity index (χ4n) is 1.60. The summed E-state index contributed by atoms with van der Waals surface area (Å²) < 4.78 is 27.6. The molecule has 0 heterocycles. The highest BCUT2D eigenvalue weighted by molar-refractivity contribution is 9.11. The Labute approximate surface area is 136 Å². The van der Waals surface area contributed by atoms with Gasteiger partial charge in [0.2, 0.25) is 15.9 Å². The van der Waals surface area contributed by atoms with E-state index in [0.29, 0.717) is 10.9 Å². The second-order valence-corrected chi connectivity index (χ2v) is 7.76. The van der Waals surface area contributed by atoms with Gasteiger partial charge in [-0.2, -0.15) is 4.31 Å². The quantitative estimate of drug-likeness (QED) is 0.757. The van der Waals surface area contributed by atoms with Crippen LogP contribution < -0.4 is 5.32 Å². The minimum atomic E-state index is -3.71. The third kappa shape index (κ3) is 4.28.